The van der Waals surface area contributed by atoms with Gasteiger partial charge in [0.15, 0.2) is 0 Å². The number of rotatable bonds is 4. The van der Waals surface area contributed by atoms with Gasteiger partial charge in [0, 0.05) is 12.1 Å². The molecule has 0 unspecified atom stereocenters. The molecular weight excluding hydrogens is 219 g/mol. The Labute approximate surface area is 99.4 Å². The molecular formula is C12H11BO4. The first-order valence-electron chi connectivity index (χ1n) is 5.08. The van der Waals surface area contributed by atoms with Crippen LogP contribution >= 0.6 is 0 Å². The van der Waals surface area contributed by atoms with E-state index < -0.39 is 0 Å². The van der Waals surface area contributed by atoms with E-state index in [1.165, 1.54) is 12.1 Å². The molecule has 2 aromatic carbocycles. The fraction of sp³-hybridized carbons (Fsp3) is 0. The lowest BCUT2D eigenvalue weighted by molar-refractivity contribution is 0.442. The normalized spacial score (nSPS) is 9.65. The maximum Gasteiger partial charge on any atom is 0.576 e. The zero-order valence-electron chi connectivity index (χ0n) is 9.04. The lowest BCUT2D eigenvalue weighted by atomic mass is 10.3. The van der Waals surface area contributed by atoms with E-state index in [1.807, 2.05) is 0 Å². The SMILES string of the molecule is Oc1cccc(OBOc2cccc(O)c2)c1. The van der Waals surface area contributed by atoms with Gasteiger partial charge in [-0.25, -0.2) is 0 Å². The highest BCUT2D eigenvalue weighted by atomic mass is 16.6. The molecule has 0 saturated carbocycles. The lowest BCUT2D eigenvalue weighted by Gasteiger charge is -2.07. The molecule has 0 saturated heterocycles. The van der Waals surface area contributed by atoms with Crippen molar-refractivity contribution < 1.29 is 19.5 Å². The summed E-state index contributed by atoms with van der Waals surface area (Å²) in [5, 5.41) is 18.4. The van der Waals surface area contributed by atoms with Crippen molar-refractivity contribution in [2.75, 3.05) is 0 Å². The van der Waals surface area contributed by atoms with Crippen molar-refractivity contribution in [1.29, 1.82) is 0 Å². The van der Waals surface area contributed by atoms with Crippen molar-refractivity contribution in [3.63, 3.8) is 0 Å². The Morgan fingerprint density at radius 2 is 1.24 bits per heavy atom. The second kappa shape index (κ2) is 5.16. The molecule has 86 valence electrons. The Kier molecular flexibility index (Phi) is 3.40. The number of hydrogen-bond donors (Lipinski definition) is 2. The standard InChI is InChI=1S/C12H11BO4/c14-9-3-1-5-11(7-9)16-13-17-12-6-2-4-10(15)8-12/h1-8,13-15H. The summed E-state index contributed by atoms with van der Waals surface area (Å²) in [5.74, 6) is 1.31. The van der Waals surface area contributed by atoms with Gasteiger partial charge in [0.25, 0.3) is 0 Å². The molecule has 4 nitrogen and oxygen atoms in total. The van der Waals surface area contributed by atoms with E-state index in [4.69, 9.17) is 9.31 Å². The highest BCUT2D eigenvalue weighted by molar-refractivity contribution is 6.20. The number of phenols is 2. The molecule has 0 spiro atoms. The fourth-order valence-corrected chi connectivity index (χ4v) is 1.31. The van der Waals surface area contributed by atoms with Crippen molar-refractivity contribution in [1.82, 2.24) is 0 Å². The molecule has 0 aliphatic heterocycles. The van der Waals surface area contributed by atoms with Gasteiger partial charge in [0.2, 0.25) is 0 Å². The van der Waals surface area contributed by atoms with Gasteiger partial charge in [-0.05, 0) is 24.3 Å². The largest absolute Gasteiger partial charge is 0.576 e. The molecule has 5 heteroatoms. The molecule has 2 N–H and O–H groups in total. The molecule has 2 aromatic rings. The van der Waals surface area contributed by atoms with Crippen molar-refractivity contribution in [2.24, 2.45) is 0 Å². The third-order valence-electron chi connectivity index (χ3n) is 2.09. The van der Waals surface area contributed by atoms with Gasteiger partial charge in [0.1, 0.15) is 23.0 Å². The molecule has 0 aliphatic rings. The van der Waals surface area contributed by atoms with Crippen LogP contribution in [0.3, 0.4) is 0 Å². The average molecular weight is 230 g/mol. The van der Waals surface area contributed by atoms with Gasteiger partial charge < -0.3 is 19.5 Å². The summed E-state index contributed by atoms with van der Waals surface area (Å²) in [6.45, 7) is 0. The van der Waals surface area contributed by atoms with Crippen LogP contribution in [0.1, 0.15) is 0 Å². The minimum atomic E-state index is 0.00685. The van der Waals surface area contributed by atoms with E-state index in [0.29, 0.717) is 11.5 Å². The average Bonchev–Trinajstić information content (AvgIpc) is 2.29. The third kappa shape index (κ3) is 3.34. The summed E-state index contributed by atoms with van der Waals surface area (Å²) in [6.07, 6.45) is 0. The fourth-order valence-electron chi connectivity index (χ4n) is 1.31. The highest BCUT2D eigenvalue weighted by Crippen LogP contribution is 2.19. The Hall–Kier alpha value is -2.30. The second-order valence-corrected chi connectivity index (χ2v) is 3.40. The minimum Gasteiger partial charge on any atom is -0.528 e. The van der Waals surface area contributed by atoms with Crippen LogP contribution in [-0.4, -0.2) is 17.9 Å². The van der Waals surface area contributed by atoms with Crippen molar-refractivity contribution in [3.8, 4) is 23.0 Å². The lowest BCUT2D eigenvalue weighted by Crippen LogP contribution is -2.10. The van der Waals surface area contributed by atoms with Crippen LogP contribution in [-0.2, 0) is 0 Å². The Bertz CT molecular complexity index is 456. The summed E-state index contributed by atoms with van der Waals surface area (Å²) in [5.41, 5.74) is 0. The summed E-state index contributed by atoms with van der Waals surface area (Å²) < 4.78 is 10.5. The van der Waals surface area contributed by atoms with Crippen molar-refractivity contribution in [3.05, 3.63) is 48.5 Å². The highest BCUT2D eigenvalue weighted by Gasteiger charge is 2.00. The van der Waals surface area contributed by atoms with Gasteiger partial charge in [-0.1, -0.05) is 12.1 Å². The molecule has 2 rings (SSSR count). The van der Waals surface area contributed by atoms with Crippen LogP contribution in [0.25, 0.3) is 0 Å². The zero-order valence-corrected chi connectivity index (χ0v) is 9.04. The monoisotopic (exact) mass is 230 g/mol. The molecule has 0 heterocycles. The van der Waals surface area contributed by atoms with Gasteiger partial charge in [-0.15, -0.1) is 0 Å². The Balaban J connectivity index is 1.87. The first kappa shape index (κ1) is 11.2. The number of benzene rings is 2. The summed E-state index contributed by atoms with van der Waals surface area (Å²) in [6, 6.07) is 12.9. The smallest absolute Gasteiger partial charge is 0.528 e. The third-order valence-corrected chi connectivity index (χ3v) is 2.09. The van der Waals surface area contributed by atoms with Crippen LogP contribution in [0.2, 0.25) is 0 Å². The van der Waals surface area contributed by atoms with Gasteiger partial charge >= 0.3 is 7.69 Å². The van der Waals surface area contributed by atoms with Crippen molar-refractivity contribution >= 4 is 7.69 Å². The van der Waals surface area contributed by atoms with Gasteiger partial charge in [0.05, 0.1) is 0 Å². The summed E-state index contributed by atoms with van der Waals surface area (Å²) in [4.78, 5) is 0. The van der Waals surface area contributed by atoms with Gasteiger partial charge in [-0.3, -0.25) is 0 Å². The molecule has 0 aliphatic carbocycles. The molecule has 0 amide bonds. The van der Waals surface area contributed by atoms with Crippen LogP contribution in [0.4, 0.5) is 0 Å². The minimum absolute atomic E-state index is 0.00685. The summed E-state index contributed by atoms with van der Waals surface area (Å²) >= 11 is 0. The quantitative estimate of drug-likeness (QED) is 0.786. The van der Waals surface area contributed by atoms with Crippen LogP contribution in [0.15, 0.2) is 48.5 Å². The number of hydrogen-bond acceptors (Lipinski definition) is 4. The van der Waals surface area contributed by atoms with Crippen molar-refractivity contribution in [2.45, 2.75) is 0 Å². The van der Waals surface area contributed by atoms with E-state index in [0.717, 1.165) is 0 Å². The molecule has 0 fully saturated rings. The molecule has 0 aromatic heterocycles. The molecule has 0 bridgehead atoms. The number of aromatic hydroxyl groups is 2. The van der Waals surface area contributed by atoms with E-state index in [9.17, 15) is 10.2 Å². The Morgan fingerprint density at radius 1 is 0.765 bits per heavy atom. The first-order chi connectivity index (χ1) is 8.24. The van der Waals surface area contributed by atoms with Crippen LogP contribution < -0.4 is 9.31 Å². The molecule has 0 radical (unpaired) electrons. The Morgan fingerprint density at radius 3 is 1.65 bits per heavy atom. The predicted molar refractivity (Wildman–Crippen MR) is 64.6 cm³/mol. The van der Waals surface area contributed by atoms with E-state index >= 15 is 0 Å². The topological polar surface area (TPSA) is 58.9 Å². The van der Waals surface area contributed by atoms with Gasteiger partial charge in [-0.2, -0.15) is 0 Å². The van der Waals surface area contributed by atoms with E-state index in [2.05, 4.69) is 0 Å². The maximum atomic E-state index is 9.21. The number of phenolic OH excluding ortho intramolecular Hbond substituents is 2. The zero-order chi connectivity index (χ0) is 12.1. The molecule has 0 atom stereocenters. The van der Waals surface area contributed by atoms with E-state index in [1.54, 1.807) is 36.4 Å². The molecule has 17 heavy (non-hydrogen) atoms. The second-order valence-electron chi connectivity index (χ2n) is 3.40. The van der Waals surface area contributed by atoms with Crippen LogP contribution in [0, 0.1) is 0 Å². The maximum absolute atomic E-state index is 9.21. The van der Waals surface area contributed by atoms with Crippen LogP contribution in [0.5, 0.6) is 23.0 Å². The van der Waals surface area contributed by atoms with E-state index in [-0.39, 0.29) is 19.2 Å². The first-order valence-corrected chi connectivity index (χ1v) is 5.08. The summed E-state index contributed by atoms with van der Waals surface area (Å²) in [7, 11) is 0.00685. The predicted octanol–water partition coefficient (Wildman–Crippen LogP) is 1.82.